The lowest BCUT2D eigenvalue weighted by atomic mass is 9.44. The van der Waals surface area contributed by atoms with Crippen molar-refractivity contribution in [3.05, 3.63) is 65.5 Å². The highest BCUT2D eigenvalue weighted by Crippen LogP contribution is 2.65. The molecule has 3 amide bonds. The molecule has 2 aromatic carbocycles. The van der Waals surface area contributed by atoms with Crippen LogP contribution in [0.25, 0.3) is 22.3 Å². The van der Waals surface area contributed by atoms with Gasteiger partial charge in [0, 0.05) is 60.8 Å². The summed E-state index contributed by atoms with van der Waals surface area (Å²) in [6.07, 6.45) is 14.5. The molecule has 56 heavy (non-hydrogen) atoms. The number of hydrogen-bond donors (Lipinski definition) is 2. The van der Waals surface area contributed by atoms with Gasteiger partial charge in [0.15, 0.2) is 5.82 Å². The fourth-order valence-electron chi connectivity index (χ4n) is 11.3. The van der Waals surface area contributed by atoms with E-state index in [2.05, 4.69) is 54.2 Å². The Bertz CT molecular complexity index is 2270. The van der Waals surface area contributed by atoms with Crippen LogP contribution in [0.15, 0.2) is 48.8 Å². The highest BCUT2D eigenvalue weighted by Gasteiger charge is 2.63. The number of likely N-dealkylation sites (tertiary alicyclic amines) is 2. The number of anilines is 3. The van der Waals surface area contributed by atoms with Crippen LogP contribution in [0.2, 0.25) is 0 Å². The monoisotopic (exact) mass is 752 g/mol. The van der Waals surface area contributed by atoms with E-state index in [9.17, 15) is 9.59 Å². The molecule has 290 valence electrons. The maximum absolute atomic E-state index is 15.0. The number of benzene rings is 2. The van der Waals surface area contributed by atoms with Gasteiger partial charge >= 0.3 is 0 Å². The normalized spacial score (nSPS) is 27.8. The van der Waals surface area contributed by atoms with Crippen LogP contribution in [0.3, 0.4) is 0 Å². The lowest BCUT2D eigenvalue weighted by Gasteiger charge is -2.61. The minimum Gasteiger partial charge on any atom is -0.355 e. The Morgan fingerprint density at radius 2 is 1.64 bits per heavy atom. The van der Waals surface area contributed by atoms with Gasteiger partial charge in [0.2, 0.25) is 11.8 Å². The minimum atomic E-state index is -0.610. The van der Waals surface area contributed by atoms with Crippen molar-refractivity contribution in [1.82, 2.24) is 29.7 Å². The molecule has 2 saturated heterocycles. The van der Waals surface area contributed by atoms with Gasteiger partial charge < -0.3 is 29.9 Å². The molecule has 0 atom stereocenters. The van der Waals surface area contributed by atoms with E-state index >= 15 is 4.79 Å². The molecule has 11 nitrogen and oxygen atoms in total. The Morgan fingerprint density at radius 3 is 2.34 bits per heavy atom. The van der Waals surface area contributed by atoms with Crippen LogP contribution in [0.1, 0.15) is 105 Å². The van der Waals surface area contributed by atoms with Crippen molar-refractivity contribution in [2.24, 2.45) is 11.3 Å². The van der Waals surface area contributed by atoms with E-state index < -0.39 is 5.41 Å². The molecule has 11 heteroatoms. The van der Waals surface area contributed by atoms with E-state index in [1.807, 2.05) is 31.5 Å². The van der Waals surface area contributed by atoms with Gasteiger partial charge in [-0.05, 0) is 132 Å². The van der Waals surface area contributed by atoms with E-state index in [0.29, 0.717) is 55.3 Å². The van der Waals surface area contributed by atoms with Crippen molar-refractivity contribution < 1.29 is 14.4 Å². The number of piperidine rings is 2. The van der Waals surface area contributed by atoms with Crippen molar-refractivity contribution >= 4 is 45.9 Å². The Hall–Kier alpha value is -4.77. The van der Waals surface area contributed by atoms with E-state index in [0.717, 1.165) is 95.7 Å². The van der Waals surface area contributed by atoms with Crippen LogP contribution in [0.4, 0.5) is 17.2 Å². The Labute approximate surface area is 328 Å². The van der Waals surface area contributed by atoms with E-state index in [-0.39, 0.29) is 23.3 Å². The first-order valence-electron chi connectivity index (χ1n) is 21.2. The van der Waals surface area contributed by atoms with E-state index in [4.69, 9.17) is 9.97 Å². The summed E-state index contributed by atoms with van der Waals surface area (Å²) in [5.41, 5.74) is 7.27. The minimum absolute atomic E-state index is 0.0920. The van der Waals surface area contributed by atoms with Gasteiger partial charge in [0.25, 0.3) is 5.91 Å². The molecule has 2 aromatic heterocycles. The molecular formula is C45H52N8O3. The largest absolute Gasteiger partial charge is 0.355 e. The third kappa shape index (κ3) is 5.21. The maximum atomic E-state index is 15.0. The fourth-order valence-corrected chi connectivity index (χ4v) is 11.3. The highest BCUT2D eigenvalue weighted by atomic mass is 16.2. The van der Waals surface area contributed by atoms with E-state index in [1.165, 1.54) is 32.4 Å². The molecule has 12 rings (SSSR count). The van der Waals surface area contributed by atoms with Gasteiger partial charge in [0.1, 0.15) is 5.52 Å². The Balaban J connectivity index is 0.954. The fraction of sp³-hybridized carbons (Fsp3) is 0.533. The summed E-state index contributed by atoms with van der Waals surface area (Å²) in [5.74, 6) is 1.89. The van der Waals surface area contributed by atoms with Crippen molar-refractivity contribution in [2.45, 2.75) is 108 Å². The standard InChI is InChI=1S/C45H52N8O3/c1-27-6-8-30(19-34(27)41(54)46-2)48-40-39-37(47-26-52(39)31-9-10-31)22-36(49-40)29-7-11-35-38(18-29)53(33-20-32(21-33)50-14-4-3-5-15-50)43(56)45(35)12-16-51(17-13-45)42(55)44-23-28(24-44)25-44/h6-8,11,18-19,22,26,28,31-33H,3-5,9-10,12-17,20-21,23-25H2,1-2H3,(H,46,54)(H,48,49). The topological polar surface area (TPSA) is 116 Å². The zero-order valence-electron chi connectivity index (χ0n) is 32.6. The molecule has 1 spiro atoms. The predicted molar refractivity (Wildman–Crippen MR) is 216 cm³/mol. The molecule has 0 radical (unpaired) electrons. The first-order chi connectivity index (χ1) is 27.2. The number of imidazole rings is 1. The Kier molecular flexibility index (Phi) is 7.77. The summed E-state index contributed by atoms with van der Waals surface area (Å²) >= 11 is 0. The van der Waals surface area contributed by atoms with Gasteiger partial charge in [0.05, 0.1) is 28.4 Å². The smallest absolute Gasteiger partial charge is 0.251 e. The predicted octanol–water partition coefficient (Wildman–Crippen LogP) is 6.87. The second-order valence-electron chi connectivity index (χ2n) is 18.3. The first kappa shape index (κ1) is 34.5. The number of amides is 3. The average Bonchev–Trinajstić information content (AvgIpc) is 3.88. The molecule has 0 unspecified atom stereocenters. The number of rotatable bonds is 8. The van der Waals surface area contributed by atoms with E-state index in [1.54, 1.807) is 7.05 Å². The molecule has 7 fully saturated rings. The number of aromatic nitrogens is 3. The summed E-state index contributed by atoms with van der Waals surface area (Å²) in [6.45, 7) is 5.56. The van der Waals surface area contributed by atoms with Gasteiger partial charge in [-0.2, -0.15) is 0 Å². The molecule has 2 N–H and O–H groups in total. The third-order valence-electron chi connectivity index (χ3n) is 14.9. The quantitative estimate of drug-likeness (QED) is 0.202. The highest BCUT2D eigenvalue weighted by molar-refractivity contribution is 6.09. The lowest BCUT2D eigenvalue weighted by molar-refractivity contribution is -0.178. The first-order valence-corrected chi connectivity index (χ1v) is 21.2. The van der Waals surface area contributed by atoms with Crippen LogP contribution in [-0.4, -0.2) is 87.4 Å². The van der Waals surface area contributed by atoms with Crippen molar-refractivity contribution in [3.8, 4) is 11.3 Å². The second-order valence-corrected chi connectivity index (χ2v) is 18.3. The summed E-state index contributed by atoms with van der Waals surface area (Å²) in [6, 6.07) is 15.6. The summed E-state index contributed by atoms with van der Waals surface area (Å²) in [7, 11) is 1.65. The average molecular weight is 753 g/mol. The zero-order valence-corrected chi connectivity index (χ0v) is 32.6. The molecule has 4 aromatic rings. The van der Waals surface area contributed by atoms with Gasteiger partial charge in [-0.25, -0.2) is 9.97 Å². The van der Waals surface area contributed by atoms with Gasteiger partial charge in [-0.15, -0.1) is 0 Å². The van der Waals surface area contributed by atoms with Crippen LogP contribution < -0.4 is 15.5 Å². The number of nitrogens with zero attached hydrogens (tertiary/aromatic N) is 6. The second kappa shape index (κ2) is 12.6. The van der Waals surface area contributed by atoms with Gasteiger partial charge in [-0.1, -0.05) is 24.6 Å². The molecule has 8 aliphatic rings. The SMILES string of the molecule is CNC(=O)c1cc(Nc2nc(-c3ccc4c(c3)N(C3CC(N5CCCCC5)C3)C(=O)C43CCN(C(=O)C45CC(C4)C5)CC3)cc3ncn(C4CC4)c23)ccc1C. The van der Waals surface area contributed by atoms with Crippen molar-refractivity contribution in [3.63, 3.8) is 0 Å². The number of carbonyl (C=O) groups is 3. The summed E-state index contributed by atoms with van der Waals surface area (Å²) < 4.78 is 2.23. The van der Waals surface area contributed by atoms with Crippen molar-refractivity contribution in [2.75, 3.05) is 43.4 Å². The third-order valence-corrected chi connectivity index (χ3v) is 14.9. The molecule has 2 bridgehead atoms. The number of carbonyl (C=O) groups excluding carboxylic acids is 3. The maximum Gasteiger partial charge on any atom is 0.251 e. The molecule has 5 heterocycles. The Morgan fingerprint density at radius 1 is 0.875 bits per heavy atom. The van der Waals surface area contributed by atoms with Crippen LogP contribution in [0.5, 0.6) is 0 Å². The molecular weight excluding hydrogens is 701 g/mol. The number of pyridine rings is 1. The summed E-state index contributed by atoms with van der Waals surface area (Å²) in [4.78, 5) is 58.5. The number of hydrogen-bond acceptors (Lipinski definition) is 7. The molecule has 3 aliphatic heterocycles. The number of nitrogens with one attached hydrogen (secondary N) is 2. The van der Waals surface area contributed by atoms with Crippen molar-refractivity contribution in [1.29, 1.82) is 0 Å². The summed E-state index contributed by atoms with van der Waals surface area (Å²) in [5, 5.41) is 6.34. The lowest BCUT2D eigenvalue weighted by Crippen LogP contribution is -2.63. The molecule has 5 saturated carbocycles. The van der Waals surface area contributed by atoms with Crippen LogP contribution >= 0.6 is 0 Å². The molecule has 5 aliphatic carbocycles. The van der Waals surface area contributed by atoms with Crippen LogP contribution in [0, 0.1) is 18.3 Å². The van der Waals surface area contributed by atoms with Crippen LogP contribution in [-0.2, 0) is 15.0 Å². The number of fused-ring (bicyclic) bond motifs is 3. The van der Waals surface area contributed by atoms with Gasteiger partial charge in [-0.3, -0.25) is 14.4 Å². The number of aryl methyl sites for hydroxylation is 1. The zero-order chi connectivity index (χ0) is 37.9.